The minimum Gasteiger partial charge on any atom is -0.475 e. The number of ether oxygens (including phenoxy) is 1. The van der Waals surface area contributed by atoms with Crippen LogP contribution < -0.4 is 15.4 Å². The van der Waals surface area contributed by atoms with Crippen molar-refractivity contribution >= 4 is 17.2 Å². The van der Waals surface area contributed by atoms with Crippen LogP contribution in [0.4, 0.5) is 0 Å². The van der Waals surface area contributed by atoms with Crippen molar-refractivity contribution in [3.8, 4) is 23.3 Å². The molecule has 0 aromatic carbocycles. The molecule has 3 heterocycles. The van der Waals surface area contributed by atoms with Gasteiger partial charge in [0, 0.05) is 11.4 Å². The van der Waals surface area contributed by atoms with Gasteiger partial charge in [0.15, 0.2) is 6.04 Å². The van der Waals surface area contributed by atoms with Gasteiger partial charge in [-0.25, -0.2) is 9.97 Å². The number of hydrogen-bond donors (Lipinski definition) is 2. The quantitative estimate of drug-likeness (QED) is 0.809. The Morgan fingerprint density at radius 2 is 2.27 bits per heavy atom. The van der Waals surface area contributed by atoms with Crippen LogP contribution in [0.15, 0.2) is 23.6 Å². The molecule has 1 unspecified atom stereocenters. The molecule has 0 radical (unpaired) electrons. The third kappa shape index (κ3) is 4.36. The maximum atomic E-state index is 12.2. The lowest BCUT2D eigenvalue weighted by atomic mass is 10.2. The monoisotopic (exact) mass is 371 g/mol. The first kappa shape index (κ1) is 18.3. The minimum atomic E-state index is -0.765. The second kappa shape index (κ2) is 8.25. The second-order valence-electron chi connectivity index (χ2n) is 6.32. The summed E-state index contributed by atoms with van der Waals surface area (Å²) in [6.07, 6.45) is 1.79. The van der Waals surface area contributed by atoms with Crippen molar-refractivity contribution in [3.05, 3.63) is 28.6 Å². The van der Waals surface area contributed by atoms with E-state index in [9.17, 15) is 10.1 Å². The summed E-state index contributed by atoms with van der Waals surface area (Å²) in [5, 5.41) is 17.7. The van der Waals surface area contributed by atoms with Crippen LogP contribution >= 0.6 is 11.3 Å². The van der Waals surface area contributed by atoms with Crippen LogP contribution in [0.25, 0.3) is 11.4 Å². The third-order valence-corrected chi connectivity index (χ3v) is 4.81. The molecule has 1 amide bonds. The number of carbonyl (C=O) groups excluding carboxylic acids is 1. The lowest BCUT2D eigenvalue weighted by Gasteiger charge is -2.13. The average Bonchev–Trinajstić information content (AvgIpc) is 3.31. The van der Waals surface area contributed by atoms with Gasteiger partial charge >= 0.3 is 0 Å². The summed E-state index contributed by atoms with van der Waals surface area (Å²) in [7, 11) is 0. The van der Waals surface area contributed by atoms with Gasteiger partial charge in [-0.2, -0.15) is 5.26 Å². The van der Waals surface area contributed by atoms with Crippen molar-refractivity contribution in [2.45, 2.75) is 44.9 Å². The van der Waals surface area contributed by atoms with Gasteiger partial charge in [-0.3, -0.25) is 4.79 Å². The summed E-state index contributed by atoms with van der Waals surface area (Å²) < 4.78 is 5.61. The van der Waals surface area contributed by atoms with E-state index in [0.717, 1.165) is 19.4 Å². The van der Waals surface area contributed by atoms with E-state index in [1.165, 1.54) is 11.3 Å². The first-order valence-corrected chi connectivity index (χ1v) is 9.47. The number of hydrogen-bond acceptors (Lipinski definition) is 7. The number of carbonyl (C=O) groups is 1. The Morgan fingerprint density at radius 3 is 2.96 bits per heavy atom. The summed E-state index contributed by atoms with van der Waals surface area (Å²) in [4.78, 5) is 21.2. The van der Waals surface area contributed by atoms with Gasteiger partial charge in [-0.1, -0.05) is 6.07 Å². The van der Waals surface area contributed by atoms with Crippen LogP contribution in [0.2, 0.25) is 0 Å². The molecule has 2 aromatic heterocycles. The van der Waals surface area contributed by atoms with E-state index in [1.54, 1.807) is 6.07 Å². The molecular formula is C18H21N5O2S. The zero-order chi connectivity index (χ0) is 18.5. The highest BCUT2D eigenvalue weighted by Crippen LogP contribution is 2.26. The Morgan fingerprint density at radius 1 is 1.42 bits per heavy atom. The van der Waals surface area contributed by atoms with E-state index in [1.807, 2.05) is 31.4 Å². The molecule has 7 nitrogen and oxygen atoms in total. The zero-order valence-corrected chi connectivity index (χ0v) is 15.5. The summed E-state index contributed by atoms with van der Waals surface area (Å²) >= 11 is 1.33. The normalized spacial score (nSPS) is 17.7. The predicted octanol–water partition coefficient (Wildman–Crippen LogP) is 2.43. The Hall–Kier alpha value is -2.50. The Labute approximate surface area is 156 Å². The SMILES string of the molecule is CC(C)Oc1cccc(-c2csc([C@H](C#N)NC(=O)C3CCCN3)n2)n1. The van der Waals surface area contributed by atoms with Crippen LogP contribution in [0.5, 0.6) is 5.88 Å². The Kier molecular flexibility index (Phi) is 5.81. The molecule has 0 aliphatic carbocycles. The molecule has 1 saturated heterocycles. The molecule has 1 aliphatic heterocycles. The van der Waals surface area contributed by atoms with Gasteiger partial charge in [-0.05, 0) is 39.3 Å². The van der Waals surface area contributed by atoms with E-state index in [2.05, 4.69) is 26.7 Å². The van der Waals surface area contributed by atoms with Crippen LogP contribution in [-0.4, -0.2) is 34.6 Å². The van der Waals surface area contributed by atoms with Gasteiger partial charge in [0.1, 0.15) is 10.7 Å². The van der Waals surface area contributed by atoms with Crippen LogP contribution in [0, 0.1) is 11.3 Å². The lowest BCUT2D eigenvalue weighted by Crippen LogP contribution is -2.41. The summed E-state index contributed by atoms with van der Waals surface area (Å²) in [5.74, 6) is 0.376. The number of aromatic nitrogens is 2. The van der Waals surface area contributed by atoms with E-state index < -0.39 is 6.04 Å². The van der Waals surface area contributed by atoms with Crippen molar-refractivity contribution in [1.29, 1.82) is 5.26 Å². The van der Waals surface area contributed by atoms with Gasteiger partial charge in [-0.15, -0.1) is 11.3 Å². The number of rotatable bonds is 6. The number of nitrogens with one attached hydrogen (secondary N) is 2. The van der Waals surface area contributed by atoms with E-state index >= 15 is 0 Å². The fourth-order valence-electron chi connectivity index (χ4n) is 2.70. The zero-order valence-electron chi connectivity index (χ0n) is 14.7. The molecule has 0 spiro atoms. The maximum absolute atomic E-state index is 12.2. The van der Waals surface area contributed by atoms with Gasteiger partial charge in [0.25, 0.3) is 0 Å². The summed E-state index contributed by atoms with van der Waals surface area (Å²) in [6, 6.07) is 6.62. The molecule has 26 heavy (non-hydrogen) atoms. The highest BCUT2D eigenvalue weighted by Gasteiger charge is 2.26. The summed E-state index contributed by atoms with van der Waals surface area (Å²) in [5.41, 5.74) is 1.33. The number of nitriles is 1. The molecular weight excluding hydrogens is 350 g/mol. The smallest absolute Gasteiger partial charge is 0.238 e. The standard InChI is InChI=1S/C18H21N5O2S/c1-11(2)25-16-7-3-5-12(21-16)15-10-26-18(23-15)14(9-19)22-17(24)13-6-4-8-20-13/h3,5,7,10-11,13-14,20H,4,6,8H2,1-2H3,(H,22,24)/t13?,14-/m0/s1. The molecule has 1 aliphatic rings. The maximum Gasteiger partial charge on any atom is 0.238 e. The van der Waals surface area contributed by atoms with Crippen molar-refractivity contribution in [2.75, 3.05) is 6.54 Å². The molecule has 8 heteroatoms. The van der Waals surface area contributed by atoms with Crippen LogP contribution in [0.3, 0.4) is 0 Å². The highest BCUT2D eigenvalue weighted by molar-refractivity contribution is 7.10. The molecule has 2 aromatic rings. The highest BCUT2D eigenvalue weighted by atomic mass is 32.1. The Balaban J connectivity index is 1.73. The van der Waals surface area contributed by atoms with Crippen molar-refractivity contribution < 1.29 is 9.53 Å². The molecule has 2 N–H and O–H groups in total. The van der Waals surface area contributed by atoms with Crippen molar-refractivity contribution in [1.82, 2.24) is 20.6 Å². The molecule has 3 rings (SSSR count). The van der Waals surface area contributed by atoms with Gasteiger partial charge in [0.2, 0.25) is 11.8 Å². The topological polar surface area (TPSA) is 99.9 Å². The predicted molar refractivity (Wildman–Crippen MR) is 98.6 cm³/mol. The first-order chi connectivity index (χ1) is 12.6. The lowest BCUT2D eigenvalue weighted by molar-refractivity contribution is -0.123. The van der Waals surface area contributed by atoms with E-state index in [-0.39, 0.29) is 18.1 Å². The van der Waals surface area contributed by atoms with Crippen molar-refractivity contribution in [2.24, 2.45) is 0 Å². The van der Waals surface area contributed by atoms with E-state index in [0.29, 0.717) is 22.3 Å². The number of amides is 1. The molecule has 1 fully saturated rings. The largest absolute Gasteiger partial charge is 0.475 e. The van der Waals surface area contributed by atoms with Crippen LogP contribution in [-0.2, 0) is 4.79 Å². The summed E-state index contributed by atoms with van der Waals surface area (Å²) in [6.45, 7) is 4.71. The number of pyridine rings is 1. The molecule has 0 saturated carbocycles. The molecule has 0 bridgehead atoms. The molecule has 136 valence electrons. The fraction of sp³-hybridized carbons (Fsp3) is 0.444. The van der Waals surface area contributed by atoms with Crippen molar-refractivity contribution in [3.63, 3.8) is 0 Å². The third-order valence-electron chi connectivity index (χ3n) is 3.90. The fourth-order valence-corrected chi connectivity index (χ4v) is 3.51. The van der Waals surface area contributed by atoms with Crippen LogP contribution in [0.1, 0.15) is 37.7 Å². The van der Waals surface area contributed by atoms with Gasteiger partial charge in [0.05, 0.1) is 23.9 Å². The number of nitrogens with zero attached hydrogens (tertiary/aromatic N) is 3. The first-order valence-electron chi connectivity index (χ1n) is 8.59. The number of thiazole rings is 1. The van der Waals surface area contributed by atoms with Gasteiger partial charge < -0.3 is 15.4 Å². The minimum absolute atomic E-state index is 0.0334. The Bertz CT molecular complexity index is 808. The van der Waals surface area contributed by atoms with E-state index in [4.69, 9.17) is 4.74 Å². The second-order valence-corrected chi connectivity index (χ2v) is 7.21. The average molecular weight is 371 g/mol. The molecule has 2 atom stereocenters.